The fourth-order valence-corrected chi connectivity index (χ4v) is 5.79. The van der Waals surface area contributed by atoms with Gasteiger partial charge in [-0.25, -0.2) is 23.2 Å². The van der Waals surface area contributed by atoms with E-state index in [9.17, 15) is 13.2 Å². The summed E-state index contributed by atoms with van der Waals surface area (Å²) in [4.78, 5) is 25.4. The smallest absolute Gasteiger partial charge is 0.410 e. The number of likely N-dealkylation sites (tertiary alicyclic amines) is 1. The van der Waals surface area contributed by atoms with Crippen molar-refractivity contribution in [2.75, 3.05) is 30.8 Å². The van der Waals surface area contributed by atoms with Crippen molar-refractivity contribution in [3.05, 3.63) is 36.2 Å². The van der Waals surface area contributed by atoms with E-state index in [1.54, 1.807) is 17.0 Å². The molecule has 1 aromatic heterocycles. The molecule has 0 atom stereocenters. The number of nitrogens with zero attached hydrogens (tertiary/aromatic N) is 4. The Kier molecular flexibility index (Phi) is 6.82. The molecule has 1 saturated heterocycles. The van der Waals surface area contributed by atoms with Gasteiger partial charge in [-0.1, -0.05) is 6.42 Å². The third-order valence-electron chi connectivity index (χ3n) is 7.09. The molecule has 2 aromatic rings. The van der Waals surface area contributed by atoms with Crippen LogP contribution in [0.3, 0.4) is 0 Å². The SMILES string of the molecule is CS(=O)(=O)c1ccc2c(c1)CCN2c1cc(OC2CCN(C(=O)OC3CCCCC3)CC2)ncn1. The molecule has 0 bridgehead atoms. The number of benzene rings is 1. The number of fused-ring (bicyclic) bond motifs is 1. The average molecular weight is 501 g/mol. The molecule has 0 unspecified atom stereocenters. The lowest BCUT2D eigenvalue weighted by molar-refractivity contribution is 0.0294. The molecule has 9 nitrogen and oxygen atoms in total. The number of hydrogen-bond donors (Lipinski definition) is 0. The Morgan fingerprint density at radius 3 is 2.49 bits per heavy atom. The first kappa shape index (κ1) is 23.8. The molecule has 35 heavy (non-hydrogen) atoms. The second kappa shape index (κ2) is 10.0. The number of aromatic nitrogens is 2. The molecule has 3 aliphatic rings. The minimum absolute atomic E-state index is 0.0281. The summed E-state index contributed by atoms with van der Waals surface area (Å²) in [7, 11) is -3.24. The van der Waals surface area contributed by atoms with Crippen LogP contribution in [0.15, 0.2) is 35.5 Å². The van der Waals surface area contributed by atoms with Crippen LogP contribution >= 0.6 is 0 Å². The van der Waals surface area contributed by atoms with Crippen molar-refractivity contribution < 1.29 is 22.7 Å². The van der Waals surface area contributed by atoms with Gasteiger partial charge >= 0.3 is 6.09 Å². The Bertz CT molecular complexity index is 1170. The van der Waals surface area contributed by atoms with Crippen molar-refractivity contribution in [1.82, 2.24) is 14.9 Å². The van der Waals surface area contributed by atoms with Crippen LogP contribution in [0.25, 0.3) is 0 Å². The molecule has 1 amide bonds. The van der Waals surface area contributed by atoms with Crippen LogP contribution in [-0.2, 0) is 21.0 Å². The van der Waals surface area contributed by atoms with Crippen molar-refractivity contribution in [3.63, 3.8) is 0 Å². The van der Waals surface area contributed by atoms with Crippen molar-refractivity contribution >= 4 is 27.4 Å². The topological polar surface area (TPSA) is 102 Å². The Morgan fingerprint density at radius 2 is 1.74 bits per heavy atom. The predicted molar refractivity (Wildman–Crippen MR) is 131 cm³/mol. The van der Waals surface area contributed by atoms with E-state index in [0.717, 1.165) is 56.2 Å². The highest BCUT2D eigenvalue weighted by molar-refractivity contribution is 7.90. The first-order chi connectivity index (χ1) is 16.9. The van der Waals surface area contributed by atoms with Crippen molar-refractivity contribution in [2.24, 2.45) is 0 Å². The van der Waals surface area contributed by atoms with E-state index in [1.807, 2.05) is 12.1 Å². The summed E-state index contributed by atoms with van der Waals surface area (Å²) in [6.07, 6.45) is 10.2. The summed E-state index contributed by atoms with van der Waals surface area (Å²) < 4.78 is 35.6. The number of anilines is 2. The lowest BCUT2D eigenvalue weighted by Crippen LogP contribution is -2.43. The minimum Gasteiger partial charge on any atom is -0.474 e. The maximum absolute atomic E-state index is 12.5. The zero-order valence-corrected chi connectivity index (χ0v) is 20.9. The van der Waals surface area contributed by atoms with Crippen molar-refractivity contribution in [1.29, 1.82) is 0 Å². The molecule has 188 valence electrons. The van der Waals surface area contributed by atoms with Crippen LogP contribution in [0.2, 0.25) is 0 Å². The van der Waals surface area contributed by atoms with Gasteiger partial charge < -0.3 is 19.3 Å². The second-order valence-corrected chi connectivity index (χ2v) is 11.6. The predicted octanol–water partition coefficient (Wildman–Crippen LogP) is 3.89. The van der Waals surface area contributed by atoms with E-state index in [0.29, 0.717) is 36.2 Å². The number of carbonyl (C=O) groups is 1. The average Bonchev–Trinajstić information content (AvgIpc) is 3.28. The monoisotopic (exact) mass is 500 g/mol. The third-order valence-corrected chi connectivity index (χ3v) is 8.20. The van der Waals surface area contributed by atoms with E-state index < -0.39 is 9.84 Å². The lowest BCUT2D eigenvalue weighted by atomic mass is 9.98. The van der Waals surface area contributed by atoms with Gasteiger partial charge in [0.25, 0.3) is 0 Å². The molecular formula is C25H32N4O5S. The Labute approximate surface area is 206 Å². The van der Waals surface area contributed by atoms with Crippen molar-refractivity contribution in [2.45, 2.75) is 68.5 Å². The van der Waals surface area contributed by atoms with E-state index in [1.165, 1.54) is 19.0 Å². The molecule has 2 fully saturated rings. The van der Waals surface area contributed by atoms with E-state index in [4.69, 9.17) is 9.47 Å². The zero-order valence-electron chi connectivity index (χ0n) is 20.1. The maximum Gasteiger partial charge on any atom is 0.410 e. The van der Waals surface area contributed by atoms with Crippen LogP contribution in [-0.4, -0.2) is 67.5 Å². The fourth-order valence-electron chi connectivity index (χ4n) is 5.12. The summed E-state index contributed by atoms with van der Waals surface area (Å²) in [6.45, 7) is 1.92. The van der Waals surface area contributed by atoms with Crippen LogP contribution in [0.5, 0.6) is 5.88 Å². The number of piperidine rings is 1. The Hall–Kier alpha value is -2.88. The molecule has 10 heteroatoms. The third kappa shape index (κ3) is 5.52. The Balaban J connectivity index is 1.18. The molecule has 3 heterocycles. The molecule has 0 N–H and O–H groups in total. The molecule has 0 radical (unpaired) electrons. The zero-order chi connectivity index (χ0) is 24.4. The minimum atomic E-state index is -3.24. The quantitative estimate of drug-likeness (QED) is 0.609. The normalized spacial score (nSPS) is 19.5. The number of hydrogen-bond acceptors (Lipinski definition) is 8. The number of carbonyl (C=O) groups excluding carboxylic acids is 1. The summed E-state index contributed by atoms with van der Waals surface area (Å²) in [5.74, 6) is 1.22. The first-order valence-corrected chi connectivity index (χ1v) is 14.3. The van der Waals surface area contributed by atoms with Crippen molar-refractivity contribution in [3.8, 4) is 5.88 Å². The molecule has 1 saturated carbocycles. The second-order valence-electron chi connectivity index (χ2n) is 9.63. The maximum atomic E-state index is 12.5. The molecule has 1 aromatic carbocycles. The number of amides is 1. The van der Waals surface area contributed by atoms with Crippen LogP contribution in [0, 0.1) is 0 Å². The van der Waals surface area contributed by atoms with E-state index in [-0.39, 0.29) is 18.3 Å². The molecule has 0 spiro atoms. The van der Waals surface area contributed by atoms with Crippen LogP contribution in [0.4, 0.5) is 16.3 Å². The van der Waals surface area contributed by atoms with Gasteiger partial charge in [0.15, 0.2) is 9.84 Å². The number of ether oxygens (including phenoxy) is 2. The summed E-state index contributed by atoms with van der Waals surface area (Å²) in [5, 5.41) is 0. The summed E-state index contributed by atoms with van der Waals surface area (Å²) in [6, 6.07) is 7.04. The number of rotatable bonds is 5. The Morgan fingerprint density at radius 1 is 0.971 bits per heavy atom. The highest BCUT2D eigenvalue weighted by atomic mass is 32.2. The molecule has 2 aliphatic heterocycles. The van der Waals surface area contributed by atoms with Gasteiger partial charge in [-0.2, -0.15) is 0 Å². The van der Waals surface area contributed by atoms with Gasteiger partial charge in [0, 0.05) is 50.5 Å². The van der Waals surface area contributed by atoms with E-state index in [2.05, 4.69) is 14.9 Å². The fraction of sp³-hybridized carbons (Fsp3) is 0.560. The largest absolute Gasteiger partial charge is 0.474 e. The summed E-state index contributed by atoms with van der Waals surface area (Å²) in [5.41, 5.74) is 1.94. The molecular weight excluding hydrogens is 468 g/mol. The van der Waals surface area contributed by atoms with Gasteiger partial charge in [-0.3, -0.25) is 0 Å². The molecule has 1 aliphatic carbocycles. The van der Waals surface area contributed by atoms with Gasteiger partial charge in [-0.15, -0.1) is 0 Å². The lowest BCUT2D eigenvalue weighted by Gasteiger charge is -2.33. The van der Waals surface area contributed by atoms with E-state index >= 15 is 0 Å². The van der Waals surface area contributed by atoms with Gasteiger partial charge in [-0.05, 0) is 55.9 Å². The summed E-state index contributed by atoms with van der Waals surface area (Å²) >= 11 is 0. The highest BCUT2D eigenvalue weighted by Gasteiger charge is 2.28. The van der Waals surface area contributed by atoms with Gasteiger partial charge in [0.2, 0.25) is 5.88 Å². The van der Waals surface area contributed by atoms with Gasteiger partial charge in [0.1, 0.15) is 24.4 Å². The molecule has 5 rings (SSSR count). The highest BCUT2D eigenvalue weighted by Crippen LogP contribution is 2.35. The first-order valence-electron chi connectivity index (χ1n) is 12.4. The number of sulfone groups is 1. The van der Waals surface area contributed by atoms with Crippen LogP contribution in [0.1, 0.15) is 50.5 Å². The van der Waals surface area contributed by atoms with Crippen LogP contribution < -0.4 is 9.64 Å². The van der Waals surface area contributed by atoms with Gasteiger partial charge in [0.05, 0.1) is 4.90 Å². The standard InChI is InChI=1S/C25H32N4O5S/c1-35(31,32)21-7-8-22-18(15-21)9-14-29(22)23-16-24(27-17-26-23)33-20-10-12-28(13-11-20)25(30)34-19-5-3-2-4-6-19/h7-8,15-17,19-20H,2-6,9-14H2,1H3.